The molecule has 1 aromatic carbocycles. The van der Waals surface area contributed by atoms with Gasteiger partial charge in [0.05, 0.1) is 6.10 Å². The largest absolute Gasteiger partial charge is 0.393 e. The molecule has 1 saturated carbocycles. The lowest BCUT2D eigenvalue weighted by Crippen LogP contribution is -2.47. The van der Waals surface area contributed by atoms with Crippen LogP contribution in [-0.2, 0) is 0 Å². The molecule has 2 N–H and O–H groups in total. The Hall–Kier alpha value is -0.960. The van der Waals surface area contributed by atoms with Crippen LogP contribution in [0.15, 0.2) is 23.2 Å². The van der Waals surface area contributed by atoms with E-state index in [0.29, 0.717) is 13.0 Å². The molecular formula is C17H24F2IN3O. The van der Waals surface area contributed by atoms with Gasteiger partial charge in [0, 0.05) is 37.2 Å². The van der Waals surface area contributed by atoms with Gasteiger partial charge in [-0.25, -0.2) is 8.78 Å². The molecule has 0 aromatic heterocycles. The Morgan fingerprint density at radius 3 is 2.50 bits per heavy atom. The normalized spacial score (nSPS) is 24.5. The molecule has 0 amide bonds. The van der Waals surface area contributed by atoms with Gasteiger partial charge in [0.15, 0.2) is 5.96 Å². The molecule has 3 rings (SSSR count). The van der Waals surface area contributed by atoms with Gasteiger partial charge in [-0.1, -0.05) is 6.07 Å². The lowest BCUT2D eigenvalue weighted by molar-refractivity contribution is 0.108. The minimum Gasteiger partial charge on any atom is -0.393 e. The highest BCUT2D eigenvalue weighted by molar-refractivity contribution is 14.0. The number of aliphatic imine (C=N–C) groups is 1. The fraction of sp³-hybridized carbons (Fsp3) is 0.588. The molecule has 1 aliphatic carbocycles. The third-order valence-electron chi connectivity index (χ3n) is 4.55. The number of hydrogen-bond acceptors (Lipinski definition) is 2. The van der Waals surface area contributed by atoms with Crippen molar-refractivity contribution in [3.8, 4) is 0 Å². The monoisotopic (exact) mass is 451 g/mol. The number of nitrogens with zero attached hydrogens (tertiary/aromatic N) is 2. The van der Waals surface area contributed by atoms with Gasteiger partial charge < -0.3 is 15.3 Å². The van der Waals surface area contributed by atoms with Gasteiger partial charge in [0.2, 0.25) is 0 Å². The van der Waals surface area contributed by atoms with E-state index in [1.807, 2.05) is 6.92 Å². The van der Waals surface area contributed by atoms with E-state index in [9.17, 15) is 13.9 Å². The van der Waals surface area contributed by atoms with Crippen LogP contribution in [0, 0.1) is 11.6 Å². The van der Waals surface area contributed by atoms with E-state index < -0.39 is 11.6 Å². The summed E-state index contributed by atoms with van der Waals surface area (Å²) in [6.45, 7) is 4.10. The molecule has 1 aliphatic heterocycles. The average Bonchev–Trinajstić information content (AvgIpc) is 3.26. The van der Waals surface area contributed by atoms with E-state index in [1.54, 1.807) is 0 Å². The summed E-state index contributed by atoms with van der Waals surface area (Å²) in [5.41, 5.74) is 0.176. The van der Waals surface area contributed by atoms with Gasteiger partial charge in [-0.15, -0.1) is 24.0 Å². The molecule has 1 heterocycles. The number of rotatable bonds is 3. The van der Waals surface area contributed by atoms with Crippen molar-refractivity contribution in [3.05, 3.63) is 35.4 Å². The van der Waals surface area contributed by atoms with Gasteiger partial charge in [-0.2, -0.15) is 0 Å². The molecule has 7 heteroatoms. The quantitative estimate of drug-likeness (QED) is 0.422. The van der Waals surface area contributed by atoms with E-state index >= 15 is 0 Å². The molecule has 0 spiro atoms. The number of guanidine groups is 1. The summed E-state index contributed by atoms with van der Waals surface area (Å²) in [5, 5.41) is 13.0. The Morgan fingerprint density at radius 2 is 1.92 bits per heavy atom. The smallest absolute Gasteiger partial charge is 0.194 e. The number of benzene rings is 1. The van der Waals surface area contributed by atoms with E-state index in [0.717, 1.165) is 31.9 Å². The lowest BCUT2D eigenvalue weighted by atomic mass is 10.1. The second kappa shape index (κ2) is 8.42. The van der Waals surface area contributed by atoms with Crippen molar-refractivity contribution in [2.75, 3.05) is 19.6 Å². The molecule has 134 valence electrons. The maximum absolute atomic E-state index is 13.9. The van der Waals surface area contributed by atoms with E-state index in [-0.39, 0.29) is 47.6 Å². The summed E-state index contributed by atoms with van der Waals surface area (Å²) in [6, 6.07) is 4.02. The average molecular weight is 451 g/mol. The molecule has 1 aromatic rings. The van der Waals surface area contributed by atoms with Gasteiger partial charge >= 0.3 is 0 Å². The fourth-order valence-electron chi connectivity index (χ4n) is 3.17. The van der Waals surface area contributed by atoms with Crippen molar-refractivity contribution in [3.63, 3.8) is 0 Å². The third kappa shape index (κ3) is 4.36. The van der Waals surface area contributed by atoms with Crippen LogP contribution in [0.2, 0.25) is 0 Å². The lowest BCUT2D eigenvalue weighted by Gasteiger charge is -2.32. The summed E-state index contributed by atoms with van der Waals surface area (Å²) >= 11 is 0. The van der Waals surface area contributed by atoms with Crippen molar-refractivity contribution >= 4 is 29.9 Å². The van der Waals surface area contributed by atoms with E-state index in [4.69, 9.17) is 0 Å². The molecule has 0 bridgehead atoms. The van der Waals surface area contributed by atoms with E-state index in [1.165, 1.54) is 18.2 Å². The maximum atomic E-state index is 13.9. The van der Waals surface area contributed by atoms with Gasteiger partial charge in [-0.3, -0.25) is 4.99 Å². The zero-order valence-electron chi connectivity index (χ0n) is 13.7. The number of likely N-dealkylation sites (tertiary alicyclic amines) is 1. The summed E-state index contributed by atoms with van der Waals surface area (Å²) in [6.07, 6.45) is 1.91. The number of hydrogen-bond donors (Lipinski definition) is 2. The highest BCUT2D eigenvalue weighted by Gasteiger charge is 2.43. The first kappa shape index (κ1) is 19.4. The van der Waals surface area contributed by atoms with Crippen LogP contribution in [0.4, 0.5) is 8.78 Å². The van der Waals surface area contributed by atoms with Gasteiger partial charge in [0.25, 0.3) is 0 Å². The summed E-state index contributed by atoms with van der Waals surface area (Å²) in [4.78, 5) is 6.60. The summed E-state index contributed by atoms with van der Waals surface area (Å²) in [5.74, 6) is -0.318. The molecule has 4 nitrogen and oxygen atoms in total. The Bertz CT molecular complexity index is 571. The maximum Gasteiger partial charge on any atom is 0.194 e. The predicted octanol–water partition coefficient (Wildman–Crippen LogP) is 2.86. The molecule has 24 heavy (non-hydrogen) atoms. The number of nitrogens with one attached hydrogen (secondary N) is 1. The Balaban J connectivity index is 0.00000208. The first-order chi connectivity index (χ1) is 11.1. The Kier molecular flexibility index (Phi) is 6.79. The molecule has 2 aliphatic rings. The first-order valence-electron chi connectivity index (χ1n) is 8.28. The van der Waals surface area contributed by atoms with Crippen LogP contribution in [0.1, 0.15) is 37.7 Å². The summed E-state index contributed by atoms with van der Waals surface area (Å²) < 4.78 is 27.7. The first-order valence-corrected chi connectivity index (χ1v) is 8.28. The molecular weight excluding hydrogens is 427 g/mol. The zero-order chi connectivity index (χ0) is 16.4. The van der Waals surface area contributed by atoms with Crippen LogP contribution in [0.25, 0.3) is 0 Å². The van der Waals surface area contributed by atoms with Gasteiger partial charge in [-0.05, 0) is 38.3 Å². The van der Waals surface area contributed by atoms with Crippen molar-refractivity contribution in [2.24, 2.45) is 4.99 Å². The molecule has 2 unspecified atom stereocenters. The van der Waals surface area contributed by atoms with Crippen LogP contribution < -0.4 is 5.32 Å². The Morgan fingerprint density at radius 1 is 1.29 bits per heavy atom. The van der Waals surface area contributed by atoms with Crippen LogP contribution in [0.3, 0.4) is 0 Å². The molecule has 1 saturated heterocycles. The van der Waals surface area contributed by atoms with Crippen LogP contribution in [-0.4, -0.2) is 47.7 Å². The highest BCUT2D eigenvalue weighted by atomic mass is 127. The molecule has 2 atom stereocenters. The number of aliphatic hydroxyl groups is 1. The van der Waals surface area contributed by atoms with Crippen molar-refractivity contribution in [1.29, 1.82) is 0 Å². The predicted molar refractivity (Wildman–Crippen MR) is 101 cm³/mol. The minimum absolute atomic E-state index is 0. The number of halogens is 3. The van der Waals surface area contributed by atoms with Crippen molar-refractivity contribution in [2.45, 2.75) is 44.2 Å². The minimum atomic E-state index is -0.477. The standard InChI is InChI=1S/C17H23F2N3O.HI/c1-2-20-17(22-8-6-11(23)7-9-22)21-15-10-12(15)16-13(18)4-3-5-14(16)19;/h3-5,11-12,15,23H,2,6-10H2,1H3,(H,20,21);1H. The number of aliphatic hydroxyl groups excluding tert-OH is 1. The second-order valence-electron chi connectivity index (χ2n) is 6.24. The summed E-state index contributed by atoms with van der Waals surface area (Å²) in [7, 11) is 0. The fourth-order valence-corrected chi connectivity index (χ4v) is 3.17. The SMILES string of the molecule is CCN=C(NC1CC1c1c(F)cccc1F)N1CCC(O)CC1.I. The highest BCUT2D eigenvalue weighted by Crippen LogP contribution is 2.43. The van der Waals surface area contributed by atoms with E-state index in [2.05, 4.69) is 15.2 Å². The zero-order valence-corrected chi connectivity index (χ0v) is 16.0. The number of piperidine rings is 1. The topological polar surface area (TPSA) is 47.9 Å². The van der Waals surface area contributed by atoms with Crippen LogP contribution >= 0.6 is 24.0 Å². The Labute approximate surface area is 158 Å². The molecule has 2 fully saturated rings. The van der Waals surface area contributed by atoms with Crippen molar-refractivity contribution in [1.82, 2.24) is 10.2 Å². The van der Waals surface area contributed by atoms with Gasteiger partial charge in [0.1, 0.15) is 11.6 Å². The van der Waals surface area contributed by atoms with Crippen molar-refractivity contribution < 1.29 is 13.9 Å². The second-order valence-corrected chi connectivity index (χ2v) is 6.24. The van der Waals surface area contributed by atoms with Crippen LogP contribution in [0.5, 0.6) is 0 Å². The molecule has 0 radical (unpaired) electrons. The third-order valence-corrected chi connectivity index (χ3v) is 4.55.